The van der Waals surface area contributed by atoms with E-state index in [9.17, 15) is 4.79 Å². The summed E-state index contributed by atoms with van der Waals surface area (Å²) < 4.78 is 5.28. The van der Waals surface area contributed by atoms with Crippen molar-refractivity contribution in [1.82, 2.24) is 9.97 Å². The lowest BCUT2D eigenvalue weighted by Gasteiger charge is -2.05. The number of ether oxygens (including phenoxy) is 1. The Morgan fingerprint density at radius 1 is 1.47 bits per heavy atom. The summed E-state index contributed by atoms with van der Waals surface area (Å²) in [5.74, 6) is -0.556. The zero-order chi connectivity index (χ0) is 12.5. The summed E-state index contributed by atoms with van der Waals surface area (Å²) in [6, 6.07) is 0. The molecule has 0 aliphatic carbocycles. The molecule has 0 unspecified atom stereocenters. The van der Waals surface area contributed by atoms with E-state index in [1.54, 1.807) is 6.08 Å². The molecule has 0 atom stereocenters. The minimum Gasteiger partial charge on any atom is -0.476 e. The summed E-state index contributed by atoms with van der Waals surface area (Å²) in [7, 11) is 0. The minimum atomic E-state index is -1.09. The van der Waals surface area contributed by atoms with Gasteiger partial charge in [0.05, 0.1) is 25.6 Å². The van der Waals surface area contributed by atoms with Crippen molar-refractivity contribution >= 4 is 11.8 Å². The Morgan fingerprint density at radius 2 is 2.29 bits per heavy atom. The molecule has 1 aromatic rings. The Labute approximate surface area is 99.4 Å². The van der Waals surface area contributed by atoms with Gasteiger partial charge in [-0.25, -0.2) is 14.8 Å². The first-order valence-electron chi connectivity index (χ1n) is 5.22. The lowest BCUT2D eigenvalue weighted by molar-refractivity contribution is 0.0690. The zero-order valence-electron chi connectivity index (χ0n) is 9.43. The van der Waals surface area contributed by atoms with Gasteiger partial charge in [-0.05, 0) is 6.42 Å². The fraction of sp³-hybridized carbons (Fsp3) is 0.364. The smallest absolute Gasteiger partial charge is 0.356 e. The van der Waals surface area contributed by atoms with Gasteiger partial charge in [0.25, 0.3) is 0 Å². The van der Waals surface area contributed by atoms with E-state index >= 15 is 0 Å². The summed E-state index contributed by atoms with van der Waals surface area (Å²) in [6.07, 6.45) is 5.22. The van der Waals surface area contributed by atoms with Crippen LogP contribution in [0.1, 0.15) is 16.9 Å². The van der Waals surface area contributed by atoms with E-state index in [1.165, 1.54) is 12.4 Å². The fourth-order valence-electron chi connectivity index (χ4n) is 1.05. The van der Waals surface area contributed by atoms with Crippen molar-refractivity contribution in [1.29, 1.82) is 0 Å². The second kappa shape index (κ2) is 7.34. The molecule has 0 saturated heterocycles. The first-order valence-corrected chi connectivity index (χ1v) is 5.22. The molecule has 0 saturated carbocycles. The highest BCUT2D eigenvalue weighted by atomic mass is 16.5. The highest BCUT2D eigenvalue weighted by molar-refractivity contribution is 5.84. The molecule has 0 aliphatic rings. The van der Waals surface area contributed by atoms with Gasteiger partial charge in [-0.1, -0.05) is 6.08 Å². The number of anilines is 1. The number of carboxylic acid groups (broad SMARTS) is 1. The van der Waals surface area contributed by atoms with Crippen LogP contribution in [0.15, 0.2) is 25.0 Å². The van der Waals surface area contributed by atoms with E-state index in [0.717, 1.165) is 6.42 Å². The van der Waals surface area contributed by atoms with Gasteiger partial charge in [0.15, 0.2) is 5.69 Å². The van der Waals surface area contributed by atoms with E-state index in [0.29, 0.717) is 25.6 Å². The normalized spacial score (nSPS) is 9.88. The molecule has 6 heteroatoms. The zero-order valence-corrected chi connectivity index (χ0v) is 9.43. The standard InChI is InChI=1S/C11H15N3O3/c1-2-3-5-17-6-4-12-10-8-13-9(7-14-10)11(15)16/h2,7-8H,1,3-6H2,(H,12,14)(H,15,16). The van der Waals surface area contributed by atoms with Crippen LogP contribution in [0.4, 0.5) is 5.82 Å². The second-order valence-electron chi connectivity index (χ2n) is 3.21. The number of aromatic nitrogens is 2. The molecular formula is C11H15N3O3. The maximum atomic E-state index is 10.5. The average Bonchev–Trinajstić information content (AvgIpc) is 2.34. The predicted molar refractivity (Wildman–Crippen MR) is 63.1 cm³/mol. The predicted octanol–water partition coefficient (Wildman–Crippen LogP) is 1.18. The van der Waals surface area contributed by atoms with Gasteiger partial charge in [-0.15, -0.1) is 6.58 Å². The molecule has 1 aromatic heterocycles. The van der Waals surface area contributed by atoms with Crippen LogP contribution in [0, 0.1) is 0 Å². The second-order valence-corrected chi connectivity index (χ2v) is 3.21. The van der Waals surface area contributed by atoms with Gasteiger partial charge >= 0.3 is 5.97 Å². The summed E-state index contributed by atoms with van der Waals surface area (Å²) in [4.78, 5) is 18.2. The monoisotopic (exact) mass is 237 g/mol. The third-order valence-electron chi connectivity index (χ3n) is 1.89. The highest BCUT2D eigenvalue weighted by Crippen LogP contribution is 2.00. The molecular weight excluding hydrogens is 222 g/mol. The van der Waals surface area contributed by atoms with Crippen LogP contribution in [0.3, 0.4) is 0 Å². The van der Waals surface area contributed by atoms with Gasteiger partial charge in [0.1, 0.15) is 5.82 Å². The van der Waals surface area contributed by atoms with Crippen molar-refractivity contribution in [2.24, 2.45) is 0 Å². The number of hydrogen-bond donors (Lipinski definition) is 2. The van der Waals surface area contributed by atoms with Gasteiger partial charge in [0, 0.05) is 6.54 Å². The Kier molecular flexibility index (Phi) is 5.67. The molecule has 1 heterocycles. The Hall–Kier alpha value is -1.95. The number of hydrogen-bond acceptors (Lipinski definition) is 5. The largest absolute Gasteiger partial charge is 0.476 e. The van der Waals surface area contributed by atoms with Gasteiger partial charge in [0.2, 0.25) is 0 Å². The molecule has 6 nitrogen and oxygen atoms in total. The molecule has 17 heavy (non-hydrogen) atoms. The maximum absolute atomic E-state index is 10.5. The topological polar surface area (TPSA) is 84.3 Å². The molecule has 2 N–H and O–H groups in total. The number of rotatable bonds is 8. The summed E-state index contributed by atoms with van der Waals surface area (Å²) in [5, 5.41) is 11.6. The SMILES string of the molecule is C=CCCOCCNc1cnc(C(=O)O)cn1. The molecule has 92 valence electrons. The van der Waals surface area contributed by atoms with Crippen LogP contribution in [0.2, 0.25) is 0 Å². The van der Waals surface area contributed by atoms with Crippen LogP contribution in [-0.4, -0.2) is 40.8 Å². The lowest BCUT2D eigenvalue weighted by atomic mass is 10.4. The van der Waals surface area contributed by atoms with Gasteiger partial charge in [-0.3, -0.25) is 0 Å². The minimum absolute atomic E-state index is 0.0715. The van der Waals surface area contributed by atoms with Crippen molar-refractivity contribution in [2.75, 3.05) is 25.1 Å². The summed E-state index contributed by atoms with van der Waals surface area (Å²) in [6.45, 7) is 5.38. The molecule has 0 amide bonds. The molecule has 0 fully saturated rings. The van der Waals surface area contributed by atoms with Crippen LogP contribution in [-0.2, 0) is 4.74 Å². The molecule has 1 rings (SSSR count). The Bertz CT molecular complexity index is 365. The van der Waals surface area contributed by atoms with Crippen LogP contribution >= 0.6 is 0 Å². The van der Waals surface area contributed by atoms with Crippen LogP contribution in [0.25, 0.3) is 0 Å². The molecule has 0 aliphatic heterocycles. The molecule has 0 radical (unpaired) electrons. The number of aromatic carboxylic acids is 1. The quantitative estimate of drug-likeness (QED) is 0.521. The van der Waals surface area contributed by atoms with Gasteiger partial charge in [-0.2, -0.15) is 0 Å². The van der Waals surface area contributed by atoms with E-state index in [2.05, 4.69) is 21.9 Å². The third-order valence-corrected chi connectivity index (χ3v) is 1.89. The molecule has 0 spiro atoms. The Balaban J connectivity index is 2.23. The van der Waals surface area contributed by atoms with Gasteiger partial charge < -0.3 is 15.2 Å². The van der Waals surface area contributed by atoms with Crippen molar-refractivity contribution in [3.05, 3.63) is 30.7 Å². The molecule has 0 aromatic carbocycles. The lowest BCUT2D eigenvalue weighted by Crippen LogP contribution is -2.11. The number of nitrogens with one attached hydrogen (secondary N) is 1. The van der Waals surface area contributed by atoms with Crippen LogP contribution in [0.5, 0.6) is 0 Å². The van der Waals surface area contributed by atoms with Crippen molar-refractivity contribution in [3.63, 3.8) is 0 Å². The summed E-state index contributed by atoms with van der Waals surface area (Å²) >= 11 is 0. The van der Waals surface area contributed by atoms with E-state index in [4.69, 9.17) is 9.84 Å². The van der Waals surface area contributed by atoms with E-state index in [-0.39, 0.29) is 5.69 Å². The highest BCUT2D eigenvalue weighted by Gasteiger charge is 2.03. The first-order chi connectivity index (χ1) is 8.24. The van der Waals surface area contributed by atoms with E-state index in [1.807, 2.05) is 0 Å². The number of carboxylic acids is 1. The third kappa shape index (κ3) is 5.07. The molecule has 0 bridgehead atoms. The maximum Gasteiger partial charge on any atom is 0.356 e. The van der Waals surface area contributed by atoms with Crippen molar-refractivity contribution in [3.8, 4) is 0 Å². The summed E-state index contributed by atoms with van der Waals surface area (Å²) in [5.41, 5.74) is -0.0715. The first kappa shape index (κ1) is 13.1. The Morgan fingerprint density at radius 3 is 2.88 bits per heavy atom. The van der Waals surface area contributed by atoms with E-state index < -0.39 is 5.97 Å². The van der Waals surface area contributed by atoms with Crippen molar-refractivity contribution in [2.45, 2.75) is 6.42 Å². The average molecular weight is 237 g/mol. The number of carbonyl (C=O) groups is 1. The van der Waals surface area contributed by atoms with Crippen molar-refractivity contribution < 1.29 is 14.6 Å². The fourth-order valence-corrected chi connectivity index (χ4v) is 1.05. The van der Waals surface area contributed by atoms with Crippen LogP contribution < -0.4 is 5.32 Å². The number of nitrogens with zero attached hydrogens (tertiary/aromatic N) is 2.